The number of nitrogens with zero attached hydrogens (tertiary/aromatic N) is 3. The molecule has 1 heterocycles. The standard InChI is InChI=1S/C21H22FN5O/c1-3-27(4-2)17-11-9-16(10-12-17)25-21-23-13-15(14-24-21)20(28)26-19-8-6-5-7-18(19)22/h5-14H,3-4H2,1-2H3,(H,26,28)(H,23,24,25). The molecule has 7 heteroatoms. The molecular formula is C21H22FN5O. The van der Waals surface area contributed by atoms with E-state index in [0.717, 1.165) is 24.5 Å². The van der Waals surface area contributed by atoms with Gasteiger partial charge in [0.25, 0.3) is 5.91 Å². The molecule has 3 aromatic rings. The topological polar surface area (TPSA) is 70.2 Å². The van der Waals surface area contributed by atoms with E-state index in [-0.39, 0.29) is 11.3 Å². The van der Waals surface area contributed by atoms with E-state index in [1.54, 1.807) is 12.1 Å². The summed E-state index contributed by atoms with van der Waals surface area (Å²) in [5.41, 5.74) is 2.35. The fraction of sp³-hybridized carbons (Fsp3) is 0.190. The maximum atomic E-state index is 13.6. The van der Waals surface area contributed by atoms with Crippen LogP contribution in [0, 0.1) is 5.82 Å². The van der Waals surface area contributed by atoms with E-state index < -0.39 is 11.7 Å². The van der Waals surface area contributed by atoms with Crippen LogP contribution in [0.5, 0.6) is 0 Å². The zero-order valence-corrected chi connectivity index (χ0v) is 15.8. The Balaban J connectivity index is 1.64. The van der Waals surface area contributed by atoms with Gasteiger partial charge in [-0.25, -0.2) is 14.4 Å². The first-order chi connectivity index (χ1) is 13.6. The molecule has 0 atom stereocenters. The second kappa shape index (κ2) is 8.94. The van der Waals surface area contributed by atoms with Gasteiger partial charge in [0, 0.05) is 36.9 Å². The highest BCUT2D eigenvalue weighted by molar-refractivity contribution is 6.03. The molecule has 1 amide bonds. The first-order valence-electron chi connectivity index (χ1n) is 9.10. The summed E-state index contributed by atoms with van der Waals surface area (Å²) in [6.45, 7) is 6.13. The van der Waals surface area contributed by atoms with E-state index in [0.29, 0.717) is 5.95 Å². The van der Waals surface area contributed by atoms with Gasteiger partial charge in [-0.1, -0.05) is 12.1 Å². The Bertz CT molecular complexity index is 924. The maximum absolute atomic E-state index is 13.6. The number of hydrogen-bond donors (Lipinski definition) is 2. The van der Waals surface area contributed by atoms with Crippen LogP contribution in [0.15, 0.2) is 60.9 Å². The molecule has 2 aromatic carbocycles. The fourth-order valence-corrected chi connectivity index (χ4v) is 2.74. The summed E-state index contributed by atoms with van der Waals surface area (Å²) in [6.07, 6.45) is 2.80. The van der Waals surface area contributed by atoms with Crippen LogP contribution in [-0.4, -0.2) is 29.0 Å². The van der Waals surface area contributed by atoms with Gasteiger partial charge in [-0.05, 0) is 50.2 Å². The number of anilines is 4. The highest BCUT2D eigenvalue weighted by Gasteiger charge is 2.10. The van der Waals surface area contributed by atoms with Gasteiger partial charge in [0.05, 0.1) is 11.3 Å². The van der Waals surface area contributed by atoms with Gasteiger partial charge in [-0.15, -0.1) is 0 Å². The lowest BCUT2D eigenvalue weighted by Gasteiger charge is -2.21. The van der Waals surface area contributed by atoms with Gasteiger partial charge in [0.15, 0.2) is 0 Å². The van der Waals surface area contributed by atoms with E-state index in [1.165, 1.54) is 24.5 Å². The number of rotatable bonds is 7. The summed E-state index contributed by atoms with van der Waals surface area (Å²) >= 11 is 0. The Morgan fingerprint density at radius 2 is 1.64 bits per heavy atom. The Morgan fingerprint density at radius 3 is 2.25 bits per heavy atom. The molecule has 0 unspecified atom stereocenters. The average Bonchev–Trinajstić information content (AvgIpc) is 2.72. The number of halogens is 1. The van der Waals surface area contributed by atoms with Crippen molar-refractivity contribution in [2.24, 2.45) is 0 Å². The van der Waals surface area contributed by atoms with Crippen LogP contribution in [0.3, 0.4) is 0 Å². The first kappa shape index (κ1) is 19.3. The van der Waals surface area contributed by atoms with Gasteiger partial charge < -0.3 is 15.5 Å². The van der Waals surface area contributed by atoms with Crippen LogP contribution in [0.2, 0.25) is 0 Å². The fourth-order valence-electron chi connectivity index (χ4n) is 2.74. The van der Waals surface area contributed by atoms with Crippen LogP contribution in [-0.2, 0) is 0 Å². The van der Waals surface area contributed by atoms with Gasteiger partial charge in [-0.3, -0.25) is 4.79 Å². The molecule has 1 aromatic heterocycles. The SMILES string of the molecule is CCN(CC)c1ccc(Nc2ncc(C(=O)Nc3ccccc3F)cn2)cc1. The summed E-state index contributed by atoms with van der Waals surface area (Å²) in [4.78, 5) is 22.8. The summed E-state index contributed by atoms with van der Waals surface area (Å²) in [7, 11) is 0. The van der Waals surface area contributed by atoms with Crippen molar-refractivity contribution in [1.82, 2.24) is 9.97 Å². The molecule has 0 aliphatic heterocycles. The Kier molecular flexibility index (Phi) is 6.16. The summed E-state index contributed by atoms with van der Waals surface area (Å²) in [5, 5.41) is 5.60. The largest absolute Gasteiger partial charge is 0.372 e. The summed E-state index contributed by atoms with van der Waals surface area (Å²) in [6, 6.07) is 14.0. The molecular weight excluding hydrogens is 357 g/mol. The summed E-state index contributed by atoms with van der Waals surface area (Å²) in [5.74, 6) is -0.596. The Hall–Kier alpha value is -3.48. The van der Waals surface area contributed by atoms with Crippen molar-refractivity contribution < 1.29 is 9.18 Å². The lowest BCUT2D eigenvalue weighted by Crippen LogP contribution is -2.21. The monoisotopic (exact) mass is 379 g/mol. The van der Waals surface area contributed by atoms with E-state index in [2.05, 4.69) is 39.3 Å². The molecule has 0 saturated heterocycles. The zero-order valence-electron chi connectivity index (χ0n) is 15.8. The molecule has 144 valence electrons. The number of amides is 1. The van der Waals surface area contributed by atoms with Gasteiger partial charge in [0.2, 0.25) is 5.95 Å². The van der Waals surface area contributed by atoms with Crippen molar-refractivity contribution >= 4 is 28.9 Å². The normalized spacial score (nSPS) is 10.4. The number of benzene rings is 2. The van der Waals surface area contributed by atoms with Crippen molar-refractivity contribution in [3.8, 4) is 0 Å². The molecule has 0 fully saturated rings. The Labute approximate surface area is 163 Å². The highest BCUT2D eigenvalue weighted by Crippen LogP contribution is 2.20. The van der Waals surface area contributed by atoms with E-state index in [1.807, 2.05) is 24.3 Å². The number of para-hydroxylation sites is 1. The molecule has 3 rings (SSSR count). The minimum Gasteiger partial charge on any atom is -0.372 e. The lowest BCUT2D eigenvalue weighted by molar-refractivity contribution is 0.102. The summed E-state index contributed by atoms with van der Waals surface area (Å²) < 4.78 is 13.6. The van der Waals surface area contributed by atoms with Crippen molar-refractivity contribution in [3.05, 3.63) is 72.3 Å². The van der Waals surface area contributed by atoms with Gasteiger partial charge >= 0.3 is 0 Å². The van der Waals surface area contributed by atoms with Crippen LogP contribution in [0.4, 0.5) is 27.4 Å². The highest BCUT2D eigenvalue weighted by atomic mass is 19.1. The molecule has 28 heavy (non-hydrogen) atoms. The molecule has 0 aliphatic rings. The second-order valence-electron chi connectivity index (χ2n) is 6.07. The third kappa shape index (κ3) is 4.62. The van der Waals surface area contributed by atoms with Crippen molar-refractivity contribution in [2.75, 3.05) is 28.6 Å². The van der Waals surface area contributed by atoms with Crippen LogP contribution >= 0.6 is 0 Å². The number of nitrogens with one attached hydrogen (secondary N) is 2. The zero-order chi connectivity index (χ0) is 19.9. The Morgan fingerprint density at radius 1 is 1.00 bits per heavy atom. The quantitative estimate of drug-likeness (QED) is 0.634. The van der Waals surface area contributed by atoms with Gasteiger partial charge in [0.1, 0.15) is 5.82 Å². The molecule has 6 nitrogen and oxygen atoms in total. The second-order valence-corrected chi connectivity index (χ2v) is 6.07. The third-order valence-electron chi connectivity index (χ3n) is 4.29. The molecule has 0 saturated carbocycles. The predicted molar refractivity (Wildman–Crippen MR) is 110 cm³/mol. The van der Waals surface area contributed by atoms with Gasteiger partial charge in [-0.2, -0.15) is 0 Å². The van der Waals surface area contributed by atoms with Crippen LogP contribution in [0.1, 0.15) is 24.2 Å². The predicted octanol–water partition coefficient (Wildman–Crippen LogP) is 4.46. The minimum atomic E-state index is -0.497. The van der Waals surface area contributed by atoms with E-state index >= 15 is 0 Å². The number of carbonyl (C=O) groups is 1. The molecule has 0 radical (unpaired) electrons. The molecule has 0 bridgehead atoms. The number of carbonyl (C=O) groups excluding carboxylic acids is 1. The minimum absolute atomic E-state index is 0.114. The molecule has 0 spiro atoms. The number of aromatic nitrogens is 2. The third-order valence-corrected chi connectivity index (χ3v) is 4.29. The lowest BCUT2D eigenvalue weighted by atomic mass is 10.2. The van der Waals surface area contributed by atoms with Crippen molar-refractivity contribution in [3.63, 3.8) is 0 Å². The van der Waals surface area contributed by atoms with Crippen LogP contribution < -0.4 is 15.5 Å². The van der Waals surface area contributed by atoms with Crippen LogP contribution in [0.25, 0.3) is 0 Å². The maximum Gasteiger partial charge on any atom is 0.258 e. The van der Waals surface area contributed by atoms with Crippen molar-refractivity contribution in [1.29, 1.82) is 0 Å². The first-order valence-corrected chi connectivity index (χ1v) is 9.10. The van der Waals surface area contributed by atoms with E-state index in [9.17, 15) is 9.18 Å². The van der Waals surface area contributed by atoms with Crippen molar-refractivity contribution in [2.45, 2.75) is 13.8 Å². The van der Waals surface area contributed by atoms with E-state index in [4.69, 9.17) is 0 Å². The molecule has 2 N–H and O–H groups in total. The average molecular weight is 379 g/mol. The smallest absolute Gasteiger partial charge is 0.258 e. The molecule has 0 aliphatic carbocycles. The number of hydrogen-bond acceptors (Lipinski definition) is 5.